The average molecular weight is 334 g/mol. The molecule has 1 fully saturated rings. The molecule has 1 saturated heterocycles. The van der Waals surface area contributed by atoms with Crippen LogP contribution in [0, 0.1) is 12.8 Å². The van der Waals surface area contributed by atoms with E-state index in [2.05, 4.69) is 23.6 Å². The second-order valence-corrected chi connectivity index (χ2v) is 6.64. The summed E-state index contributed by atoms with van der Waals surface area (Å²) in [6.45, 7) is 3.90. The Bertz CT molecular complexity index is 892. The topological polar surface area (TPSA) is 58.4 Å². The van der Waals surface area contributed by atoms with Crippen LogP contribution in [-0.4, -0.2) is 28.4 Å². The van der Waals surface area contributed by atoms with Gasteiger partial charge in [0.1, 0.15) is 5.65 Å². The first-order chi connectivity index (χ1) is 12.2. The van der Waals surface area contributed by atoms with Crippen molar-refractivity contribution in [1.82, 2.24) is 14.7 Å². The van der Waals surface area contributed by atoms with Gasteiger partial charge in [-0.2, -0.15) is 0 Å². The summed E-state index contributed by atoms with van der Waals surface area (Å²) in [6.07, 6.45) is 5.85. The predicted octanol–water partition coefficient (Wildman–Crippen LogP) is 3.25. The molecule has 1 aliphatic heterocycles. The van der Waals surface area contributed by atoms with Crippen molar-refractivity contribution in [3.8, 4) is 11.3 Å². The molecule has 1 amide bonds. The van der Waals surface area contributed by atoms with Gasteiger partial charge in [-0.15, -0.1) is 0 Å². The van der Waals surface area contributed by atoms with Gasteiger partial charge < -0.3 is 15.0 Å². The Labute approximate surface area is 147 Å². The molecule has 4 rings (SSSR count). The van der Waals surface area contributed by atoms with Crippen molar-refractivity contribution in [1.29, 1.82) is 0 Å². The van der Waals surface area contributed by atoms with Crippen LogP contribution in [0.1, 0.15) is 18.4 Å². The minimum Gasteiger partial charge on any atom is -0.326 e. The van der Waals surface area contributed by atoms with Crippen LogP contribution >= 0.6 is 0 Å². The van der Waals surface area contributed by atoms with Crippen LogP contribution < -0.4 is 10.6 Å². The molecule has 1 aliphatic rings. The van der Waals surface area contributed by atoms with E-state index in [4.69, 9.17) is 4.98 Å². The molecular formula is C20H22N4O. The van der Waals surface area contributed by atoms with Crippen LogP contribution in [0.3, 0.4) is 0 Å². The number of benzene rings is 1. The summed E-state index contributed by atoms with van der Waals surface area (Å²) in [4.78, 5) is 17.0. The van der Waals surface area contributed by atoms with Gasteiger partial charge in [0.25, 0.3) is 0 Å². The van der Waals surface area contributed by atoms with Gasteiger partial charge in [0.05, 0.1) is 5.69 Å². The van der Waals surface area contributed by atoms with Crippen molar-refractivity contribution >= 4 is 17.2 Å². The molecule has 1 aromatic carbocycles. The van der Waals surface area contributed by atoms with E-state index in [0.29, 0.717) is 0 Å². The number of aromatic nitrogens is 2. The Morgan fingerprint density at radius 3 is 2.68 bits per heavy atom. The van der Waals surface area contributed by atoms with Crippen LogP contribution in [0.15, 0.2) is 48.8 Å². The van der Waals surface area contributed by atoms with Crippen molar-refractivity contribution in [2.75, 3.05) is 18.4 Å². The van der Waals surface area contributed by atoms with Gasteiger partial charge in [0, 0.05) is 29.6 Å². The molecule has 0 unspecified atom stereocenters. The first-order valence-corrected chi connectivity index (χ1v) is 8.77. The molecule has 0 atom stereocenters. The highest BCUT2D eigenvalue weighted by Gasteiger charge is 2.20. The highest BCUT2D eigenvalue weighted by atomic mass is 16.1. The number of aryl methyl sites for hydroxylation is 1. The van der Waals surface area contributed by atoms with Crippen molar-refractivity contribution in [2.45, 2.75) is 19.8 Å². The number of pyridine rings is 1. The second-order valence-electron chi connectivity index (χ2n) is 6.64. The maximum absolute atomic E-state index is 12.3. The second kappa shape index (κ2) is 6.69. The van der Waals surface area contributed by atoms with Crippen LogP contribution in [0.25, 0.3) is 16.9 Å². The molecule has 0 radical (unpaired) electrons. The zero-order valence-electron chi connectivity index (χ0n) is 14.3. The first kappa shape index (κ1) is 15.8. The van der Waals surface area contributed by atoms with Gasteiger partial charge >= 0.3 is 0 Å². The fourth-order valence-electron chi connectivity index (χ4n) is 3.35. The molecule has 25 heavy (non-hydrogen) atoms. The van der Waals surface area contributed by atoms with E-state index >= 15 is 0 Å². The average Bonchev–Trinajstić information content (AvgIpc) is 3.09. The normalized spacial score (nSPS) is 15.4. The number of carbonyl (C=O) groups excluding carboxylic acids is 1. The summed E-state index contributed by atoms with van der Waals surface area (Å²) in [5.74, 6) is 0.236. The number of anilines is 1. The van der Waals surface area contributed by atoms with E-state index in [-0.39, 0.29) is 11.8 Å². The zero-order chi connectivity index (χ0) is 17.2. The Hall–Kier alpha value is -2.66. The van der Waals surface area contributed by atoms with Crippen LogP contribution in [0.4, 0.5) is 5.69 Å². The van der Waals surface area contributed by atoms with Crippen molar-refractivity contribution in [3.63, 3.8) is 0 Å². The SMILES string of the molecule is Cc1cccn2cc(-c3ccc(NC(=O)C4CCNCC4)cc3)nc12. The summed E-state index contributed by atoms with van der Waals surface area (Å²) in [5, 5.41) is 6.32. The number of fused-ring (bicyclic) bond motifs is 1. The Morgan fingerprint density at radius 1 is 1.20 bits per heavy atom. The summed E-state index contributed by atoms with van der Waals surface area (Å²) in [7, 11) is 0. The minimum absolute atomic E-state index is 0.113. The highest BCUT2D eigenvalue weighted by Crippen LogP contribution is 2.23. The summed E-state index contributed by atoms with van der Waals surface area (Å²) >= 11 is 0. The molecule has 5 nitrogen and oxygen atoms in total. The lowest BCUT2D eigenvalue weighted by atomic mass is 9.97. The molecule has 2 aromatic heterocycles. The number of imidazole rings is 1. The number of hydrogen-bond acceptors (Lipinski definition) is 3. The van der Waals surface area contributed by atoms with Gasteiger partial charge in [0.2, 0.25) is 5.91 Å². The summed E-state index contributed by atoms with van der Waals surface area (Å²) in [6, 6.07) is 12.0. The lowest BCUT2D eigenvalue weighted by Gasteiger charge is -2.21. The van der Waals surface area contributed by atoms with Crippen LogP contribution in [0.5, 0.6) is 0 Å². The number of nitrogens with zero attached hydrogens (tertiary/aromatic N) is 2. The summed E-state index contributed by atoms with van der Waals surface area (Å²) < 4.78 is 2.04. The van der Waals surface area contributed by atoms with E-state index in [9.17, 15) is 4.79 Å². The number of hydrogen-bond donors (Lipinski definition) is 2. The zero-order valence-corrected chi connectivity index (χ0v) is 14.3. The molecule has 0 aliphatic carbocycles. The fourth-order valence-corrected chi connectivity index (χ4v) is 3.35. The predicted molar refractivity (Wildman–Crippen MR) is 99.6 cm³/mol. The smallest absolute Gasteiger partial charge is 0.227 e. The number of amides is 1. The monoisotopic (exact) mass is 334 g/mol. The standard InChI is InChI=1S/C20H22N4O/c1-14-3-2-12-24-13-18(23-19(14)24)15-4-6-17(7-5-15)22-20(25)16-8-10-21-11-9-16/h2-7,12-13,16,21H,8-11H2,1H3,(H,22,25). The number of piperidine rings is 1. The third kappa shape index (κ3) is 3.28. The molecular weight excluding hydrogens is 312 g/mol. The fraction of sp³-hybridized carbons (Fsp3) is 0.300. The van der Waals surface area contributed by atoms with E-state index in [1.807, 2.05) is 47.1 Å². The Kier molecular flexibility index (Phi) is 4.24. The number of carbonyl (C=O) groups is 1. The van der Waals surface area contributed by atoms with Crippen molar-refractivity contribution in [3.05, 3.63) is 54.4 Å². The van der Waals surface area contributed by atoms with Crippen LogP contribution in [0.2, 0.25) is 0 Å². The molecule has 0 spiro atoms. The quantitative estimate of drug-likeness (QED) is 0.773. The largest absolute Gasteiger partial charge is 0.326 e. The lowest BCUT2D eigenvalue weighted by Crippen LogP contribution is -2.34. The molecule has 5 heteroatoms. The molecule has 3 heterocycles. The van der Waals surface area contributed by atoms with E-state index < -0.39 is 0 Å². The van der Waals surface area contributed by atoms with Gasteiger partial charge in [0.15, 0.2) is 0 Å². The van der Waals surface area contributed by atoms with Crippen LogP contribution in [-0.2, 0) is 4.79 Å². The first-order valence-electron chi connectivity index (χ1n) is 8.77. The van der Waals surface area contributed by atoms with E-state index in [1.54, 1.807) is 0 Å². The van der Waals surface area contributed by atoms with E-state index in [0.717, 1.165) is 54.1 Å². The van der Waals surface area contributed by atoms with Gasteiger partial charge in [-0.1, -0.05) is 18.2 Å². The van der Waals surface area contributed by atoms with Gasteiger partial charge in [-0.3, -0.25) is 4.79 Å². The Balaban J connectivity index is 1.51. The van der Waals surface area contributed by atoms with Crippen molar-refractivity contribution < 1.29 is 4.79 Å². The van der Waals surface area contributed by atoms with Gasteiger partial charge in [-0.05, 0) is 56.6 Å². The van der Waals surface area contributed by atoms with E-state index in [1.165, 1.54) is 0 Å². The maximum atomic E-state index is 12.3. The highest BCUT2D eigenvalue weighted by molar-refractivity contribution is 5.92. The summed E-state index contributed by atoms with van der Waals surface area (Å²) in [5.41, 5.74) is 4.95. The number of nitrogens with one attached hydrogen (secondary N) is 2. The molecule has 128 valence electrons. The Morgan fingerprint density at radius 2 is 1.96 bits per heavy atom. The van der Waals surface area contributed by atoms with Gasteiger partial charge in [-0.25, -0.2) is 4.98 Å². The minimum atomic E-state index is 0.113. The third-order valence-corrected chi connectivity index (χ3v) is 4.84. The third-order valence-electron chi connectivity index (χ3n) is 4.84. The maximum Gasteiger partial charge on any atom is 0.227 e. The molecule has 0 saturated carbocycles. The molecule has 2 N–H and O–H groups in total. The number of rotatable bonds is 3. The lowest BCUT2D eigenvalue weighted by molar-refractivity contribution is -0.120. The molecule has 3 aromatic rings. The van der Waals surface area contributed by atoms with Crippen molar-refractivity contribution in [2.24, 2.45) is 5.92 Å². The molecule has 0 bridgehead atoms.